The van der Waals surface area contributed by atoms with Crippen molar-refractivity contribution >= 4 is 17.7 Å². The number of rotatable bonds is 8. The highest BCUT2D eigenvalue weighted by Gasteiger charge is 2.20. The molecule has 0 amide bonds. The molecule has 6 nitrogen and oxygen atoms in total. The number of carbonyl (C=O) groups is 3. The summed E-state index contributed by atoms with van der Waals surface area (Å²) in [7, 11) is 1.22. The number of methoxy groups -OCH3 is 1. The van der Waals surface area contributed by atoms with E-state index >= 15 is 0 Å². The number of aliphatic carboxylic acids is 1. The van der Waals surface area contributed by atoms with E-state index in [1.54, 1.807) is 30.3 Å². The average Bonchev–Trinajstić information content (AvgIpc) is 2.47. The number of carboxylic acid groups (broad SMARTS) is 1. The van der Waals surface area contributed by atoms with Gasteiger partial charge in [0.05, 0.1) is 13.7 Å². The molecule has 1 aromatic carbocycles. The highest BCUT2D eigenvalue weighted by Crippen LogP contribution is 2.02. The third kappa shape index (κ3) is 5.19. The van der Waals surface area contributed by atoms with Crippen LogP contribution in [0.4, 0.5) is 0 Å². The lowest BCUT2D eigenvalue weighted by Gasteiger charge is -2.15. The van der Waals surface area contributed by atoms with Crippen LogP contribution >= 0.6 is 0 Å². The standard InChI is InChI=1S/C14H17NO5/c1-20-14(19)11(7-8-13(17)18)15-9-12(16)10-5-3-2-4-6-10/h2-6,11,15H,7-9H2,1H3,(H,17,18). The minimum Gasteiger partial charge on any atom is -0.481 e. The number of hydrogen-bond acceptors (Lipinski definition) is 5. The fourth-order valence-corrected chi connectivity index (χ4v) is 1.66. The highest BCUT2D eigenvalue weighted by atomic mass is 16.5. The number of benzene rings is 1. The molecule has 6 heteroatoms. The summed E-state index contributed by atoms with van der Waals surface area (Å²) >= 11 is 0. The molecule has 0 saturated heterocycles. The van der Waals surface area contributed by atoms with Crippen molar-refractivity contribution in [2.45, 2.75) is 18.9 Å². The predicted molar refractivity (Wildman–Crippen MR) is 71.4 cm³/mol. The van der Waals surface area contributed by atoms with Crippen LogP contribution in [0.1, 0.15) is 23.2 Å². The first kappa shape index (κ1) is 15.8. The molecule has 1 aromatic rings. The van der Waals surface area contributed by atoms with Gasteiger partial charge in [0.25, 0.3) is 0 Å². The minimum absolute atomic E-state index is 0.0522. The third-order valence-corrected chi connectivity index (χ3v) is 2.74. The van der Waals surface area contributed by atoms with Gasteiger partial charge in [-0.15, -0.1) is 0 Å². The van der Waals surface area contributed by atoms with Crippen LogP contribution in [0.3, 0.4) is 0 Å². The molecule has 0 aliphatic carbocycles. The second kappa shape index (κ2) is 8.06. The van der Waals surface area contributed by atoms with Crippen LogP contribution in [0.5, 0.6) is 0 Å². The molecule has 20 heavy (non-hydrogen) atoms. The van der Waals surface area contributed by atoms with Crippen molar-refractivity contribution in [3.8, 4) is 0 Å². The van der Waals surface area contributed by atoms with Gasteiger partial charge in [-0.2, -0.15) is 0 Å². The molecule has 0 aromatic heterocycles. The SMILES string of the molecule is COC(=O)C(CCC(=O)O)NCC(=O)c1ccccc1. The molecule has 1 rings (SSSR count). The van der Waals surface area contributed by atoms with Crippen LogP contribution < -0.4 is 5.32 Å². The molecule has 0 fully saturated rings. The molecule has 108 valence electrons. The van der Waals surface area contributed by atoms with E-state index < -0.39 is 18.0 Å². The van der Waals surface area contributed by atoms with Gasteiger partial charge in [-0.05, 0) is 6.42 Å². The van der Waals surface area contributed by atoms with Gasteiger partial charge in [0, 0.05) is 12.0 Å². The van der Waals surface area contributed by atoms with E-state index in [-0.39, 0.29) is 25.2 Å². The van der Waals surface area contributed by atoms with E-state index in [1.165, 1.54) is 7.11 Å². The summed E-state index contributed by atoms with van der Waals surface area (Å²) in [6.07, 6.45) is -0.101. The molecule has 0 radical (unpaired) electrons. The van der Waals surface area contributed by atoms with E-state index in [0.717, 1.165) is 0 Å². The molecule has 0 saturated carbocycles. The molecule has 1 atom stereocenters. The maximum Gasteiger partial charge on any atom is 0.322 e. The molecule has 0 aliphatic heterocycles. The van der Waals surface area contributed by atoms with Crippen molar-refractivity contribution in [2.24, 2.45) is 0 Å². The number of nitrogens with one attached hydrogen (secondary N) is 1. The van der Waals surface area contributed by atoms with Gasteiger partial charge >= 0.3 is 11.9 Å². The minimum atomic E-state index is -1.00. The van der Waals surface area contributed by atoms with Gasteiger partial charge in [0.15, 0.2) is 5.78 Å². The Hall–Kier alpha value is -2.21. The van der Waals surface area contributed by atoms with Crippen molar-refractivity contribution in [3.05, 3.63) is 35.9 Å². The van der Waals surface area contributed by atoms with Gasteiger partial charge < -0.3 is 9.84 Å². The van der Waals surface area contributed by atoms with Crippen molar-refractivity contribution in [3.63, 3.8) is 0 Å². The molecule has 2 N–H and O–H groups in total. The lowest BCUT2D eigenvalue weighted by molar-refractivity contribution is -0.143. The average molecular weight is 279 g/mol. The van der Waals surface area contributed by atoms with Crippen LogP contribution in [0.25, 0.3) is 0 Å². The Balaban J connectivity index is 2.55. The zero-order chi connectivity index (χ0) is 15.0. The third-order valence-electron chi connectivity index (χ3n) is 2.74. The molecule has 0 heterocycles. The number of carboxylic acids is 1. The Kier molecular flexibility index (Phi) is 6.39. The van der Waals surface area contributed by atoms with E-state index in [0.29, 0.717) is 5.56 Å². The Morgan fingerprint density at radius 1 is 1.25 bits per heavy atom. The fraction of sp³-hybridized carbons (Fsp3) is 0.357. The van der Waals surface area contributed by atoms with Crippen LogP contribution in [0, 0.1) is 0 Å². The first-order valence-electron chi connectivity index (χ1n) is 6.16. The Labute approximate surface area is 116 Å². The van der Waals surface area contributed by atoms with Gasteiger partial charge in [0.2, 0.25) is 0 Å². The number of ketones is 1. The fourth-order valence-electron chi connectivity index (χ4n) is 1.66. The van der Waals surface area contributed by atoms with Crippen molar-refractivity contribution in [1.29, 1.82) is 0 Å². The Morgan fingerprint density at radius 2 is 1.90 bits per heavy atom. The zero-order valence-corrected chi connectivity index (χ0v) is 11.2. The Morgan fingerprint density at radius 3 is 2.45 bits per heavy atom. The summed E-state index contributed by atoms with van der Waals surface area (Å²) in [6.45, 7) is -0.0522. The molecule has 0 bridgehead atoms. The zero-order valence-electron chi connectivity index (χ0n) is 11.2. The molecule has 0 spiro atoms. The van der Waals surface area contributed by atoms with E-state index in [4.69, 9.17) is 5.11 Å². The van der Waals surface area contributed by atoms with Crippen molar-refractivity contribution in [2.75, 3.05) is 13.7 Å². The van der Waals surface area contributed by atoms with Gasteiger partial charge in [0.1, 0.15) is 6.04 Å². The van der Waals surface area contributed by atoms with Crippen molar-refractivity contribution < 1.29 is 24.2 Å². The van der Waals surface area contributed by atoms with Crippen LogP contribution in [-0.4, -0.2) is 42.5 Å². The van der Waals surface area contributed by atoms with Crippen LogP contribution in [0.15, 0.2) is 30.3 Å². The normalized spacial score (nSPS) is 11.7. The molecule has 0 aliphatic rings. The van der Waals surface area contributed by atoms with E-state index in [9.17, 15) is 14.4 Å². The predicted octanol–water partition coefficient (Wildman–Crippen LogP) is 0.865. The maximum atomic E-state index is 11.9. The maximum absolute atomic E-state index is 11.9. The van der Waals surface area contributed by atoms with Crippen LogP contribution in [-0.2, 0) is 14.3 Å². The van der Waals surface area contributed by atoms with E-state index in [1.807, 2.05) is 0 Å². The monoisotopic (exact) mass is 279 g/mol. The second-order valence-corrected chi connectivity index (χ2v) is 4.18. The quantitative estimate of drug-likeness (QED) is 0.541. The van der Waals surface area contributed by atoms with Crippen molar-refractivity contribution in [1.82, 2.24) is 5.32 Å². The molecular weight excluding hydrogens is 262 g/mol. The molecule has 1 unspecified atom stereocenters. The number of ether oxygens (including phenoxy) is 1. The van der Waals surface area contributed by atoms with Gasteiger partial charge in [-0.3, -0.25) is 19.7 Å². The number of Topliss-reactive ketones (excluding diaryl/α,β-unsaturated/α-hetero) is 1. The summed E-state index contributed by atoms with van der Waals surface area (Å²) in [6, 6.07) is 7.84. The number of carbonyl (C=O) groups excluding carboxylic acids is 2. The smallest absolute Gasteiger partial charge is 0.322 e. The summed E-state index contributed by atoms with van der Waals surface area (Å²) in [5, 5.41) is 11.4. The first-order chi connectivity index (χ1) is 9.54. The Bertz CT molecular complexity index is 472. The summed E-state index contributed by atoms with van der Waals surface area (Å²) in [5.74, 6) is -1.75. The second-order valence-electron chi connectivity index (χ2n) is 4.18. The van der Waals surface area contributed by atoms with E-state index in [2.05, 4.69) is 10.1 Å². The lowest BCUT2D eigenvalue weighted by atomic mass is 10.1. The number of hydrogen-bond donors (Lipinski definition) is 2. The van der Waals surface area contributed by atoms with Gasteiger partial charge in [-0.25, -0.2) is 0 Å². The van der Waals surface area contributed by atoms with Crippen LogP contribution in [0.2, 0.25) is 0 Å². The summed E-state index contributed by atoms with van der Waals surface area (Å²) in [5.41, 5.74) is 0.529. The highest BCUT2D eigenvalue weighted by molar-refractivity contribution is 5.97. The largest absolute Gasteiger partial charge is 0.481 e. The summed E-state index contributed by atoms with van der Waals surface area (Å²) < 4.78 is 4.58. The van der Waals surface area contributed by atoms with Gasteiger partial charge in [-0.1, -0.05) is 30.3 Å². The molecular formula is C14H17NO5. The summed E-state index contributed by atoms with van der Waals surface area (Å²) in [4.78, 5) is 33.9. The first-order valence-corrected chi connectivity index (χ1v) is 6.16. The number of esters is 1. The lowest BCUT2D eigenvalue weighted by Crippen LogP contribution is -2.40. The topological polar surface area (TPSA) is 92.7 Å².